The molecule has 3 heterocycles. The van der Waals surface area contributed by atoms with E-state index < -0.39 is 0 Å². The molecule has 2 aliphatic rings. The summed E-state index contributed by atoms with van der Waals surface area (Å²) in [7, 11) is 0. The lowest BCUT2D eigenvalue weighted by Gasteiger charge is -2.32. The summed E-state index contributed by atoms with van der Waals surface area (Å²) < 4.78 is 0. The molecule has 2 fully saturated rings. The maximum atomic E-state index is 11.9. The van der Waals surface area contributed by atoms with E-state index in [-0.39, 0.29) is 11.8 Å². The molecule has 1 aliphatic heterocycles. The van der Waals surface area contributed by atoms with E-state index in [0.29, 0.717) is 11.0 Å². The highest BCUT2D eigenvalue weighted by molar-refractivity contribution is 7.99. The van der Waals surface area contributed by atoms with E-state index in [4.69, 9.17) is 4.98 Å². The lowest BCUT2D eigenvalue weighted by Crippen LogP contribution is -2.37. The predicted octanol–water partition coefficient (Wildman–Crippen LogP) is 3.96. The SMILES string of the molecule is Cc1cc(Nc2cc(N3CCC3)nc(Sc3ccc(NC(=O)C4CC4)cc3)n2)n[nH]1. The van der Waals surface area contributed by atoms with Gasteiger partial charge < -0.3 is 15.5 Å². The summed E-state index contributed by atoms with van der Waals surface area (Å²) in [6, 6.07) is 11.7. The Morgan fingerprint density at radius 1 is 1.13 bits per heavy atom. The number of nitrogens with zero attached hydrogens (tertiary/aromatic N) is 4. The molecule has 0 unspecified atom stereocenters. The fourth-order valence-corrected chi connectivity index (χ4v) is 3.91. The van der Waals surface area contributed by atoms with Gasteiger partial charge in [0.25, 0.3) is 0 Å². The Hall–Kier alpha value is -3.07. The highest BCUT2D eigenvalue weighted by atomic mass is 32.2. The molecular formula is C21H23N7OS. The highest BCUT2D eigenvalue weighted by Crippen LogP contribution is 2.32. The number of rotatable bonds is 7. The fourth-order valence-electron chi connectivity index (χ4n) is 3.14. The van der Waals surface area contributed by atoms with Crippen molar-refractivity contribution in [3.05, 3.63) is 42.1 Å². The second kappa shape index (κ2) is 7.98. The van der Waals surface area contributed by atoms with Crippen LogP contribution in [0.2, 0.25) is 0 Å². The smallest absolute Gasteiger partial charge is 0.227 e. The number of hydrogen-bond donors (Lipinski definition) is 3. The lowest BCUT2D eigenvalue weighted by molar-refractivity contribution is -0.117. The zero-order chi connectivity index (χ0) is 20.5. The zero-order valence-corrected chi connectivity index (χ0v) is 17.5. The Morgan fingerprint density at radius 2 is 1.93 bits per heavy atom. The van der Waals surface area contributed by atoms with Gasteiger partial charge in [-0.1, -0.05) is 0 Å². The minimum atomic E-state index is 0.116. The van der Waals surface area contributed by atoms with Crippen LogP contribution in [-0.4, -0.2) is 39.2 Å². The Labute approximate surface area is 178 Å². The molecule has 0 bridgehead atoms. The Bertz CT molecular complexity index is 1060. The van der Waals surface area contributed by atoms with Crippen LogP contribution in [0, 0.1) is 12.8 Å². The number of carbonyl (C=O) groups excluding carboxylic acids is 1. The first-order valence-electron chi connectivity index (χ1n) is 10.1. The number of aromatic amines is 1. The molecule has 3 N–H and O–H groups in total. The van der Waals surface area contributed by atoms with E-state index in [1.54, 1.807) is 0 Å². The van der Waals surface area contributed by atoms with Gasteiger partial charge in [0.2, 0.25) is 5.91 Å². The van der Waals surface area contributed by atoms with Crippen molar-refractivity contribution in [3.63, 3.8) is 0 Å². The van der Waals surface area contributed by atoms with Crippen LogP contribution in [-0.2, 0) is 4.79 Å². The van der Waals surface area contributed by atoms with Crippen molar-refractivity contribution < 1.29 is 4.79 Å². The van der Waals surface area contributed by atoms with E-state index in [9.17, 15) is 4.79 Å². The van der Waals surface area contributed by atoms with Crippen molar-refractivity contribution >= 4 is 40.8 Å². The average molecular weight is 422 g/mol. The largest absolute Gasteiger partial charge is 0.356 e. The van der Waals surface area contributed by atoms with Crippen LogP contribution in [0.4, 0.5) is 23.1 Å². The van der Waals surface area contributed by atoms with Crippen molar-refractivity contribution in [2.75, 3.05) is 28.6 Å². The number of amides is 1. The minimum absolute atomic E-state index is 0.116. The summed E-state index contributed by atoms with van der Waals surface area (Å²) in [6.45, 7) is 3.98. The number of anilines is 4. The van der Waals surface area contributed by atoms with Gasteiger partial charge in [0, 0.05) is 47.4 Å². The van der Waals surface area contributed by atoms with E-state index in [1.807, 2.05) is 43.3 Å². The number of carbonyl (C=O) groups is 1. The molecule has 30 heavy (non-hydrogen) atoms. The third-order valence-corrected chi connectivity index (χ3v) is 5.99. The van der Waals surface area contributed by atoms with Crippen molar-refractivity contribution in [1.29, 1.82) is 0 Å². The standard InChI is InChI=1S/C21H23N7OS/c1-13-11-18(27-26-13)23-17-12-19(28-9-2-10-28)25-21(24-17)30-16-7-5-15(6-8-16)22-20(29)14-3-4-14/h5-8,11-12,14H,2-4,9-10H2,1H3,(H,22,29)(H2,23,24,25,26,27). The quantitative estimate of drug-likeness (QED) is 0.497. The van der Waals surface area contributed by atoms with Gasteiger partial charge in [0.15, 0.2) is 11.0 Å². The summed E-state index contributed by atoms with van der Waals surface area (Å²) in [5, 5.41) is 14.1. The molecule has 1 aliphatic carbocycles. The highest BCUT2D eigenvalue weighted by Gasteiger charge is 2.29. The Balaban J connectivity index is 1.33. The number of aromatic nitrogens is 4. The van der Waals surface area contributed by atoms with Crippen LogP contribution in [0.15, 0.2) is 46.5 Å². The first-order chi connectivity index (χ1) is 14.6. The third kappa shape index (κ3) is 4.40. The van der Waals surface area contributed by atoms with Gasteiger partial charge in [-0.25, -0.2) is 9.97 Å². The van der Waals surface area contributed by atoms with E-state index in [2.05, 4.69) is 30.7 Å². The van der Waals surface area contributed by atoms with Gasteiger partial charge in [0.05, 0.1) is 0 Å². The fraction of sp³-hybridized carbons (Fsp3) is 0.333. The molecule has 9 heteroatoms. The monoisotopic (exact) mass is 421 g/mol. The molecule has 1 saturated heterocycles. The Morgan fingerprint density at radius 3 is 2.57 bits per heavy atom. The summed E-state index contributed by atoms with van der Waals surface area (Å²) in [6.07, 6.45) is 3.18. The first kappa shape index (κ1) is 18.9. The normalized spacial score (nSPS) is 15.6. The van der Waals surface area contributed by atoms with Crippen LogP contribution >= 0.6 is 11.8 Å². The van der Waals surface area contributed by atoms with Crippen LogP contribution in [0.5, 0.6) is 0 Å². The van der Waals surface area contributed by atoms with E-state index >= 15 is 0 Å². The van der Waals surface area contributed by atoms with E-state index in [1.165, 1.54) is 18.2 Å². The molecule has 154 valence electrons. The summed E-state index contributed by atoms with van der Waals surface area (Å²) in [5.41, 5.74) is 1.81. The molecule has 1 aromatic carbocycles. The number of hydrogen-bond acceptors (Lipinski definition) is 7. The van der Waals surface area contributed by atoms with Crippen LogP contribution in [0.3, 0.4) is 0 Å². The van der Waals surface area contributed by atoms with Crippen molar-refractivity contribution in [2.45, 2.75) is 36.2 Å². The van der Waals surface area contributed by atoms with Crippen LogP contribution < -0.4 is 15.5 Å². The summed E-state index contributed by atoms with van der Waals surface area (Å²) >= 11 is 1.50. The maximum Gasteiger partial charge on any atom is 0.227 e. The number of nitrogens with one attached hydrogen (secondary N) is 3. The van der Waals surface area contributed by atoms with Gasteiger partial charge in [-0.3, -0.25) is 9.89 Å². The van der Waals surface area contributed by atoms with Crippen LogP contribution in [0.1, 0.15) is 25.0 Å². The van der Waals surface area contributed by atoms with Gasteiger partial charge >= 0.3 is 0 Å². The second-order valence-electron chi connectivity index (χ2n) is 7.69. The van der Waals surface area contributed by atoms with Gasteiger partial charge in [-0.05, 0) is 62.2 Å². The molecular weight excluding hydrogens is 398 g/mol. The van der Waals surface area contributed by atoms with Gasteiger partial charge in [-0.15, -0.1) is 0 Å². The second-order valence-corrected chi connectivity index (χ2v) is 8.73. The zero-order valence-electron chi connectivity index (χ0n) is 16.7. The number of H-pyrrole nitrogens is 1. The molecule has 0 spiro atoms. The van der Waals surface area contributed by atoms with E-state index in [0.717, 1.165) is 53.8 Å². The first-order valence-corrected chi connectivity index (χ1v) is 11.0. The van der Waals surface area contributed by atoms with Crippen molar-refractivity contribution in [1.82, 2.24) is 20.2 Å². The predicted molar refractivity (Wildman–Crippen MR) is 117 cm³/mol. The van der Waals surface area contributed by atoms with Gasteiger partial charge in [-0.2, -0.15) is 5.10 Å². The van der Waals surface area contributed by atoms with Crippen molar-refractivity contribution in [3.8, 4) is 0 Å². The van der Waals surface area contributed by atoms with Crippen LogP contribution in [0.25, 0.3) is 0 Å². The summed E-state index contributed by atoms with van der Waals surface area (Å²) in [4.78, 5) is 24.6. The third-order valence-electron chi connectivity index (χ3n) is 5.11. The average Bonchev–Trinajstić information content (AvgIpc) is 3.45. The van der Waals surface area contributed by atoms with Gasteiger partial charge in [0.1, 0.15) is 11.6 Å². The maximum absolute atomic E-state index is 11.9. The molecule has 3 aromatic rings. The van der Waals surface area contributed by atoms with Crippen molar-refractivity contribution in [2.24, 2.45) is 5.92 Å². The topological polar surface area (TPSA) is 98.8 Å². The Kier molecular flexibility index (Phi) is 5.04. The summed E-state index contributed by atoms with van der Waals surface area (Å²) in [5.74, 6) is 2.68. The molecule has 1 amide bonds. The molecule has 1 saturated carbocycles. The molecule has 8 nitrogen and oxygen atoms in total. The molecule has 0 atom stereocenters. The molecule has 0 radical (unpaired) electrons. The molecule has 5 rings (SSSR count). The minimum Gasteiger partial charge on any atom is -0.356 e. The lowest BCUT2D eigenvalue weighted by atomic mass is 10.2. The number of aryl methyl sites for hydroxylation is 1. The molecule has 2 aromatic heterocycles. The number of benzene rings is 1.